The summed E-state index contributed by atoms with van der Waals surface area (Å²) < 4.78 is 2.37. The maximum atomic E-state index is 4.01. The fourth-order valence-electron chi connectivity index (χ4n) is 9.57. The van der Waals surface area contributed by atoms with E-state index in [0.29, 0.717) is 0 Å². The summed E-state index contributed by atoms with van der Waals surface area (Å²) in [6.07, 6.45) is 1.91. The Morgan fingerprint density at radius 1 is 0.433 bits per heavy atom. The number of anilines is 3. The van der Waals surface area contributed by atoms with E-state index in [4.69, 9.17) is 0 Å². The molecule has 0 aliphatic heterocycles. The summed E-state index contributed by atoms with van der Waals surface area (Å²) in [4.78, 5) is 2.40. The van der Waals surface area contributed by atoms with E-state index in [1.165, 1.54) is 77.6 Å². The summed E-state index contributed by atoms with van der Waals surface area (Å²) in [5.41, 5.74) is 18.9. The Morgan fingerprint density at radius 2 is 0.983 bits per heavy atom. The monoisotopic (exact) mass is 766 g/mol. The van der Waals surface area contributed by atoms with Gasteiger partial charge in [0.15, 0.2) is 0 Å². The SMILES string of the molecule is C=Cc1ccc([C@]2(C)c3ccccc3-c3ccc(N(c4ccc(-c5ccccc5)cc4)c4ccc(-c5ccc6c(c5)c5ccccc5n6-c5ccccc5)cc4)cc32)cc1. The molecule has 60 heavy (non-hydrogen) atoms. The lowest BCUT2D eigenvalue weighted by Gasteiger charge is -2.31. The maximum Gasteiger partial charge on any atom is 0.0541 e. The van der Waals surface area contributed by atoms with Crippen LogP contribution in [0.25, 0.3) is 66.9 Å². The van der Waals surface area contributed by atoms with E-state index in [1.54, 1.807) is 0 Å². The number of hydrogen-bond donors (Lipinski definition) is 0. The van der Waals surface area contributed by atoms with Gasteiger partial charge in [-0.3, -0.25) is 0 Å². The molecule has 1 aromatic heterocycles. The van der Waals surface area contributed by atoms with Gasteiger partial charge < -0.3 is 9.47 Å². The molecule has 2 nitrogen and oxygen atoms in total. The molecule has 11 rings (SSSR count). The van der Waals surface area contributed by atoms with Crippen molar-refractivity contribution in [2.45, 2.75) is 12.3 Å². The normalized spacial score (nSPS) is 14.2. The van der Waals surface area contributed by atoms with Crippen molar-refractivity contribution in [2.75, 3.05) is 4.90 Å². The van der Waals surface area contributed by atoms with Gasteiger partial charge in [-0.25, -0.2) is 0 Å². The first kappa shape index (κ1) is 35.5. The van der Waals surface area contributed by atoms with Crippen LogP contribution >= 0.6 is 0 Å². The van der Waals surface area contributed by atoms with Crippen molar-refractivity contribution in [1.82, 2.24) is 4.57 Å². The first-order chi connectivity index (χ1) is 29.6. The van der Waals surface area contributed by atoms with Gasteiger partial charge in [0.05, 0.1) is 11.0 Å². The van der Waals surface area contributed by atoms with Gasteiger partial charge in [0, 0.05) is 38.9 Å². The fourth-order valence-corrected chi connectivity index (χ4v) is 9.57. The smallest absolute Gasteiger partial charge is 0.0541 e. The average molecular weight is 767 g/mol. The zero-order chi connectivity index (χ0) is 40.2. The van der Waals surface area contributed by atoms with Crippen molar-refractivity contribution in [3.8, 4) is 39.1 Å². The summed E-state index contributed by atoms with van der Waals surface area (Å²) >= 11 is 0. The summed E-state index contributed by atoms with van der Waals surface area (Å²) in [5, 5.41) is 2.50. The predicted molar refractivity (Wildman–Crippen MR) is 254 cm³/mol. The third-order valence-corrected chi connectivity index (χ3v) is 12.7. The molecular formula is C58H42N2. The van der Waals surface area contributed by atoms with E-state index in [0.717, 1.165) is 22.6 Å². The second-order valence-corrected chi connectivity index (χ2v) is 15.9. The van der Waals surface area contributed by atoms with E-state index in [9.17, 15) is 0 Å². The second-order valence-electron chi connectivity index (χ2n) is 15.9. The van der Waals surface area contributed by atoms with Gasteiger partial charge in [0.1, 0.15) is 0 Å². The topological polar surface area (TPSA) is 8.17 Å². The highest BCUT2D eigenvalue weighted by atomic mass is 15.1. The van der Waals surface area contributed by atoms with Crippen LogP contribution in [-0.4, -0.2) is 4.57 Å². The molecule has 1 aliphatic rings. The first-order valence-corrected chi connectivity index (χ1v) is 20.7. The molecule has 0 radical (unpaired) electrons. The van der Waals surface area contributed by atoms with Crippen molar-refractivity contribution in [3.63, 3.8) is 0 Å². The van der Waals surface area contributed by atoms with Crippen molar-refractivity contribution in [1.29, 1.82) is 0 Å². The fraction of sp³-hybridized carbons (Fsp3) is 0.0345. The lowest BCUT2D eigenvalue weighted by atomic mass is 9.74. The molecule has 1 heterocycles. The van der Waals surface area contributed by atoms with Crippen LogP contribution < -0.4 is 4.90 Å². The molecule has 0 bridgehead atoms. The molecule has 0 spiro atoms. The van der Waals surface area contributed by atoms with Crippen LogP contribution in [0.3, 0.4) is 0 Å². The van der Waals surface area contributed by atoms with Crippen molar-refractivity contribution >= 4 is 44.9 Å². The highest BCUT2D eigenvalue weighted by molar-refractivity contribution is 6.10. The second kappa shape index (κ2) is 14.3. The molecule has 284 valence electrons. The molecule has 0 unspecified atom stereocenters. The highest BCUT2D eigenvalue weighted by Crippen LogP contribution is 2.54. The van der Waals surface area contributed by atoms with E-state index in [-0.39, 0.29) is 5.41 Å². The minimum absolute atomic E-state index is 0.337. The third-order valence-electron chi connectivity index (χ3n) is 12.7. The molecule has 0 fully saturated rings. The largest absolute Gasteiger partial charge is 0.310 e. The van der Waals surface area contributed by atoms with Gasteiger partial charge in [-0.1, -0.05) is 164 Å². The quantitative estimate of drug-likeness (QED) is 0.150. The van der Waals surface area contributed by atoms with Gasteiger partial charge in [-0.2, -0.15) is 0 Å². The Hall–Kier alpha value is -7.68. The van der Waals surface area contributed by atoms with Gasteiger partial charge in [-0.05, 0) is 129 Å². The standard InChI is InChI=1S/C58H42N2/c1-3-40-22-29-45(30-23-40)58(2)54-20-12-10-18-50(54)51-36-35-49(39-55(51)58)59(47-31-24-42(25-32-47)41-14-6-4-7-15-41)48-33-26-43(27-34-48)44-28-37-57-53(38-44)52-19-11-13-21-56(52)60(57)46-16-8-5-9-17-46/h3-39H,1H2,2H3/t58-/m1/s1. The molecule has 10 aromatic rings. The van der Waals surface area contributed by atoms with Crippen LogP contribution in [-0.2, 0) is 5.41 Å². The summed E-state index contributed by atoms with van der Waals surface area (Å²) in [6, 6.07) is 79.8. The van der Waals surface area contributed by atoms with Gasteiger partial charge in [-0.15, -0.1) is 0 Å². The van der Waals surface area contributed by atoms with Crippen LogP contribution in [0.5, 0.6) is 0 Å². The molecule has 1 aliphatic carbocycles. The zero-order valence-corrected chi connectivity index (χ0v) is 33.5. The van der Waals surface area contributed by atoms with Crippen molar-refractivity contribution in [2.24, 2.45) is 0 Å². The van der Waals surface area contributed by atoms with Crippen LogP contribution in [0, 0.1) is 0 Å². The van der Waals surface area contributed by atoms with Crippen LogP contribution in [0.15, 0.2) is 225 Å². The number of rotatable bonds is 8. The van der Waals surface area contributed by atoms with Crippen LogP contribution in [0.2, 0.25) is 0 Å². The van der Waals surface area contributed by atoms with Gasteiger partial charge in [0.2, 0.25) is 0 Å². The lowest BCUT2D eigenvalue weighted by molar-refractivity contribution is 0.714. The number of para-hydroxylation sites is 2. The summed E-state index contributed by atoms with van der Waals surface area (Å²) in [7, 11) is 0. The first-order valence-electron chi connectivity index (χ1n) is 20.7. The minimum Gasteiger partial charge on any atom is -0.310 e. The molecule has 2 heteroatoms. The van der Waals surface area contributed by atoms with Gasteiger partial charge >= 0.3 is 0 Å². The van der Waals surface area contributed by atoms with E-state index >= 15 is 0 Å². The molecule has 0 N–H and O–H groups in total. The Bertz CT molecular complexity index is 3190. The molecular weight excluding hydrogens is 725 g/mol. The Kier molecular flexibility index (Phi) is 8.46. The summed E-state index contributed by atoms with van der Waals surface area (Å²) in [6.45, 7) is 6.39. The molecule has 1 atom stereocenters. The Balaban J connectivity index is 1.03. The van der Waals surface area contributed by atoms with E-state index in [1.807, 2.05) is 6.08 Å². The van der Waals surface area contributed by atoms with Crippen LogP contribution in [0.1, 0.15) is 29.2 Å². The molecule has 9 aromatic carbocycles. The maximum absolute atomic E-state index is 4.01. The van der Waals surface area contributed by atoms with E-state index in [2.05, 4.69) is 241 Å². The zero-order valence-electron chi connectivity index (χ0n) is 33.5. The molecule has 0 saturated carbocycles. The van der Waals surface area contributed by atoms with Gasteiger partial charge in [0.25, 0.3) is 0 Å². The number of nitrogens with zero attached hydrogens (tertiary/aromatic N) is 2. The molecule has 0 amide bonds. The lowest BCUT2D eigenvalue weighted by Crippen LogP contribution is -2.23. The molecule has 0 saturated heterocycles. The van der Waals surface area contributed by atoms with Crippen molar-refractivity contribution in [3.05, 3.63) is 247 Å². The van der Waals surface area contributed by atoms with Crippen molar-refractivity contribution < 1.29 is 0 Å². The Labute approximate surface area is 351 Å². The Morgan fingerprint density at radius 3 is 1.70 bits per heavy atom. The number of aromatic nitrogens is 1. The number of fused-ring (bicyclic) bond motifs is 6. The summed E-state index contributed by atoms with van der Waals surface area (Å²) in [5.74, 6) is 0. The van der Waals surface area contributed by atoms with Crippen LogP contribution in [0.4, 0.5) is 17.1 Å². The number of benzene rings is 9. The third kappa shape index (κ3) is 5.72. The number of hydrogen-bond acceptors (Lipinski definition) is 1. The predicted octanol–water partition coefficient (Wildman–Crippen LogP) is 15.6. The average Bonchev–Trinajstić information content (AvgIpc) is 3.79. The minimum atomic E-state index is -0.337. The van der Waals surface area contributed by atoms with E-state index < -0.39 is 0 Å². The highest BCUT2D eigenvalue weighted by Gasteiger charge is 2.41.